The van der Waals surface area contributed by atoms with Crippen LogP contribution in [-0.4, -0.2) is 18.0 Å². The first-order valence-electron chi connectivity index (χ1n) is 5.51. The summed E-state index contributed by atoms with van der Waals surface area (Å²) < 4.78 is 5.31. The zero-order valence-electron chi connectivity index (χ0n) is 10.4. The molecule has 0 spiro atoms. The highest BCUT2D eigenvalue weighted by molar-refractivity contribution is 6.05. The Bertz CT molecular complexity index is 543. The molecule has 18 heavy (non-hydrogen) atoms. The summed E-state index contributed by atoms with van der Waals surface area (Å²) in [6, 6.07) is 7.44. The van der Waals surface area contributed by atoms with Gasteiger partial charge < -0.3 is 15.5 Å². The fourth-order valence-corrected chi connectivity index (χ4v) is 1.56. The highest BCUT2D eigenvalue weighted by atomic mass is 35.5. The molecule has 0 unspecified atom stereocenters. The number of halogens is 1. The molecule has 0 fully saturated rings. The number of rotatable bonds is 3. The molecule has 0 atom stereocenters. The summed E-state index contributed by atoms with van der Waals surface area (Å²) in [5.41, 5.74) is 6.65. The van der Waals surface area contributed by atoms with Gasteiger partial charge in [0.25, 0.3) is 5.91 Å². The second-order valence-corrected chi connectivity index (χ2v) is 4.82. The van der Waals surface area contributed by atoms with Crippen LogP contribution in [0, 0.1) is 0 Å². The number of hydrogen-bond acceptors (Lipinski definition) is 3. The van der Waals surface area contributed by atoms with E-state index in [1.165, 1.54) is 6.26 Å². The standard InChI is InChI=1S/C13H16N2O2.ClH/c1-13(2,14)8-15-12(16)10-7-17-11-6-4-3-5-9(10)11;/h3-7H,8,14H2,1-2H3,(H,15,16);1H. The fourth-order valence-electron chi connectivity index (χ4n) is 1.56. The maximum Gasteiger partial charge on any atom is 0.255 e. The van der Waals surface area contributed by atoms with E-state index in [2.05, 4.69) is 5.32 Å². The molecule has 0 radical (unpaired) electrons. The van der Waals surface area contributed by atoms with Gasteiger partial charge in [0.15, 0.2) is 0 Å². The first-order chi connectivity index (χ1) is 7.97. The first-order valence-corrected chi connectivity index (χ1v) is 5.51. The van der Waals surface area contributed by atoms with E-state index >= 15 is 0 Å². The minimum Gasteiger partial charge on any atom is -0.463 e. The van der Waals surface area contributed by atoms with E-state index in [4.69, 9.17) is 10.2 Å². The smallest absolute Gasteiger partial charge is 0.255 e. The van der Waals surface area contributed by atoms with Gasteiger partial charge in [-0.2, -0.15) is 0 Å². The van der Waals surface area contributed by atoms with Crippen LogP contribution in [0.5, 0.6) is 0 Å². The van der Waals surface area contributed by atoms with Gasteiger partial charge in [-0.1, -0.05) is 18.2 Å². The van der Waals surface area contributed by atoms with Crippen LogP contribution in [0.1, 0.15) is 24.2 Å². The van der Waals surface area contributed by atoms with Gasteiger partial charge in [-0.05, 0) is 19.9 Å². The average molecular weight is 269 g/mol. The number of para-hydroxylation sites is 1. The molecule has 2 rings (SSSR count). The Morgan fingerprint density at radius 2 is 2.06 bits per heavy atom. The quantitative estimate of drug-likeness (QED) is 0.898. The highest BCUT2D eigenvalue weighted by Crippen LogP contribution is 2.20. The minimum absolute atomic E-state index is 0. The Balaban J connectivity index is 0.00000162. The fraction of sp³-hybridized carbons (Fsp3) is 0.308. The topological polar surface area (TPSA) is 68.3 Å². The van der Waals surface area contributed by atoms with E-state index in [9.17, 15) is 4.79 Å². The molecule has 4 nitrogen and oxygen atoms in total. The van der Waals surface area contributed by atoms with Crippen molar-refractivity contribution in [2.45, 2.75) is 19.4 Å². The number of carbonyl (C=O) groups excluding carboxylic acids is 1. The number of nitrogens with two attached hydrogens (primary N) is 1. The van der Waals surface area contributed by atoms with Crippen molar-refractivity contribution in [2.24, 2.45) is 5.73 Å². The van der Waals surface area contributed by atoms with Crippen LogP contribution in [0.4, 0.5) is 0 Å². The summed E-state index contributed by atoms with van der Waals surface area (Å²) in [6.45, 7) is 4.15. The Morgan fingerprint density at radius 1 is 1.39 bits per heavy atom. The predicted octanol–water partition coefficient (Wildman–Crippen LogP) is 2.32. The lowest BCUT2D eigenvalue weighted by molar-refractivity contribution is 0.0947. The van der Waals surface area contributed by atoms with Gasteiger partial charge in [0.05, 0.1) is 5.56 Å². The molecule has 0 aliphatic rings. The SMILES string of the molecule is CC(C)(N)CNC(=O)c1coc2ccccc12.Cl. The van der Waals surface area contributed by atoms with E-state index in [0.717, 1.165) is 5.39 Å². The molecule has 1 heterocycles. The predicted molar refractivity (Wildman–Crippen MR) is 74.1 cm³/mol. The number of furan rings is 1. The maximum absolute atomic E-state index is 11.9. The van der Waals surface area contributed by atoms with Crippen molar-refractivity contribution in [3.63, 3.8) is 0 Å². The number of hydrogen-bond donors (Lipinski definition) is 2. The van der Waals surface area contributed by atoms with Crippen LogP contribution in [-0.2, 0) is 0 Å². The molecule has 1 aromatic heterocycles. The van der Waals surface area contributed by atoms with Crippen LogP contribution in [0.3, 0.4) is 0 Å². The molecule has 0 aliphatic heterocycles. The molecule has 0 bridgehead atoms. The highest BCUT2D eigenvalue weighted by Gasteiger charge is 2.16. The zero-order valence-corrected chi connectivity index (χ0v) is 11.2. The van der Waals surface area contributed by atoms with Crippen molar-refractivity contribution in [3.8, 4) is 0 Å². The summed E-state index contributed by atoms with van der Waals surface area (Å²) in [5.74, 6) is -0.159. The van der Waals surface area contributed by atoms with Crippen LogP contribution in [0.15, 0.2) is 34.9 Å². The van der Waals surface area contributed by atoms with Gasteiger partial charge in [0.2, 0.25) is 0 Å². The number of carbonyl (C=O) groups is 1. The van der Waals surface area contributed by atoms with Crippen molar-refractivity contribution >= 4 is 29.3 Å². The Labute approximate surface area is 112 Å². The van der Waals surface area contributed by atoms with E-state index in [-0.39, 0.29) is 18.3 Å². The first kappa shape index (κ1) is 14.5. The number of nitrogens with one attached hydrogen (secondary N) is 1. The van der Waals surface area contributed by atoms with Gasteiger partial charge >= 0.3 is 0 Å². The lowest BCUT2D eigenvalue weighted by atomic mass is 10.1. The van der Waals surface area contributed by atoms with E-state index in [1.54, 1.807) is 0 Å². The van der Waals surface area contributed by atoms with Crippen molar-refractivity contribution < 1.29 is 9.21 Å². The van der Waals surface area contributed by atoms with Crippen molar-refractivity contribution in [1.29, 1.82) is 0 Å². The molecule has 98 valence electrons. The maximum atomic E-state index is 11.9. The summed E-state index contributed by atoms with van der Waals surface area (Å²) >= 11 is 0. The Hall–Kier alpha value is -1.52. The summed E-state index contributed by atoms with van der Waals surface area (Å²) in [7, 11) is 0. The summed E-state index contributed by atoms with van der Waals surface area (Å²) in [4.78, 5) is 11.9. The molecule has 0 aliphatic carbocycles. The third kappa shape index (κ3) is 3.24. The van der Waals surface area contributed by atoms with Crippen molar-refractivity contribution in [1.82, 2.24) is 5.32 Å². The summed E-state index contributed by atoms with van der Waals surface area (Å²) in [5, 5.41) is 3.61. The average Bonchev–Trinajstić information content (AvgIpc) is 2.68. The molecule has 2 aromatic rings. The lowest BCUT2D eigenvalue weighted by Crippen LogP contribution is -2.45. The van der Waals surface area contributed by atoms with Gasteiger partial charge in [-0.3, -0.25) is 4.79 Å². The molecule has 3 N–H and O–H groups in total. The van der Waals surface area contributed by atoms with Crippen LogP contribution in [0.25, 0.3) is 11.0 Å². The van der Waals surface area contributed by atoms with Gasteiger partial charge in [-0.25, -0.2) is 0 Å². The van der Waals surface area contributed by atoms with Crippen LogP contribution >= 0.6 is 12.4 Å². The van der Waals surface area contributed by atoms with Gasteiger partial charge in [-0.15, -0.1) is 12.4 Å². The van der Waals surface area contributed by atoms with Gasteiger partial charge in [0.1, 0.15) is 11.8 Å². The zero-order chi connectivity index (χ0) is 12.5. The molecular weight excluding hydrogens is 252 g/mol. The van der Waals surface area contributed by atoms with Gasteiger partial charge in [0, 0.05) is 17.5 Å². The monoisotopic (exact) mass is 268 g/mol. The molecular formula is C13H17ClN2O2. The van der Waals surface area contributed by atoms with E-state index in [0.29, 0.717) is 17.7 Å². The number of amides is 1. The second-order valence-electron chi connectivity index (χ2n) is 4.82. The molecule has 1 amide bonds. The summed E-state index contributed by atoms with van der Waals surface area (Å²) in [6.07, 6.45) is 1.48. The largest absolute Gasteiger partial charge is 0.463 e. The molecule has 1 aromatic carbocycles. The molecule has 0 saturated heterocycles. The number of fused-ring (bicyclic) bond motifs is 1. The van der Waals surface area contributed by atoms with Crippen molar-refractivity contribution in [2.75, 3.05) is 6.54 Å². The third-order valence-electron chi connectivity index (χ3n) is 2.43. The lowest BCUT2D eigenvalue weighted by Gasteiger charge is -2.18. The number of benzene rings is 1. The molecule has 5 heteroatoms. The van der Waals surface area contributed by atoms with Crippen molar-refractivity contribution in [3.05, 3.63) is 36.1 Å². The second kappa shape index (κ2) is 5.42. The van der Waals surface area contributed by atoms with Crippen LogP contribution in [0.2, 0.25) is 0 Å². The van der Waals surface area contributed by atoms with Crippen LogP contribution < -0.4 is 11.1 Å². The third-order valence-corrected chi connectivity index (χ3v) is 2.43. The van der Waals surface area contributed by atoms with E-state index in [1.807, 2.05) is 38.1 Å². The normalized spacial score (nSPS) is 11.1. The Kier molecular flexibility index (Phi) is 4.38. The Morgan fingerprint density at radius 3 is 2.72 bits per heavy atom. The van der Waals surface area contributed by atoms with E-state index < -0.39 is 5.54 Å². The minimum atomic E-state index is -0.421. The molecule has 0 saturated carbocycles.